The van der Waals surface area contributed by atoms with Crippen LogP contribution in [-0.2, 0) is 0 Å². The van der Waals surface area contributed by atoms with Gasteiger partial charge in [0.05, 0.1) is 5.69 Å². The summed E-state index contributed by atoms with van der Waals surface area (Å²) in [6.07, 6.45) is 0. The molecule has 1 unspecified atom stereocenters. The topological polar surface area (TPSA) is 15.3 Å². The Balaban J connectivity index is 2.18. The van der Waals surface area contributed by atoms with Gasteiger partial charge in [0.1, 0.15) is 0 Å². The maximum atomic E-state index is 13.6. The van der Waals surface area contributed by atoms with Gasteiger partial charge >= 0.3 is 0 Å². The van der Waals surface area contributed by atoms with E-state index in [0.717, 1.165) is 17.3 Å². The van der Waals surface area contributed by atoms with Crippen molar-refractivity contribution < 1.29 is 13.2 Å². The van der Waals surface area contributed by atoms with Gasteiger partial charge in [-0.05, 0) is 36.8 Å². The zero-order valence-corrected chi connectivity index (χ0v) is 12.1. The molecule has 0 fully saturated rings. The molecule has 112 valence electrons. The molecule has 21 heavy (non-hydrogen) atoms. The van der Waals surface area contributed by atoms with Crippen molar-refractivity contribution >= 4 is 11.4 Å². The summed E-state index contributed by atoms with van der Waals surface area (Å²) in [5.74, 6) is -3.86. The Hall–Kier alpha value is -2.17. The van der Waals surface area contributed by atoms with Gasteiger partial charge in [-0.2, -0.15) is 0 Å². The van der Waals surface area contributed by atoms with Crippen molar-refractivity contribution in [2.24, 2.45) is 0 Å². The van der Waals surface area contributed by atoms with E-state index in [9.17, 15) is 13.2 Å². The lowest BCUT2D eigenvalue weighted by atomic mass is 10.1. The molecule has 2 rings (SSSR count). The number of anilines is 2. The molecule has 0 spiro atoms. The Bertz CT molecular complexity index is 624. The molecule has 0 aliphatic carbocycles. The molecule has 0 heterocycles. The van der Waals surface area contributed by atoms with Crippen LogP contribution in [0.25, 0.3) is 0 Å². The van der Waals surface area contributed by atoms with Gasteiger partial charge < -0.3 is 10.2 Å². The van der Waals surface area contributed by atoms with Crippen LogP contribution in [0.3, 0.4) is 0 Å². The molecule has 2 nitrogen and oxygen atoms in total. The summed E-state index contributed by atoms with van der Waals surface area (Å²) in [7, 11) is 3.88. The van der Waals surface area contributed by atoms with Crippen molar-refractivity contribution in [2.75, 3.05) is 24.3 Å². The highest BCUT2D eigenvalue weighted by Crippen LogP contribution is 2.25. The molecule has 0 radical (unpaired) electrons. The van der Waals surface area contributed by atoms with E-state index < -0.39 is 17.5 Å². The van der Waals surface area contributed by atoms with E-state index in [0.29, 0.717) is 0 Å². The number of hydrogen-bond acceptors (Lipinski definition) is 2. The first kappa shape index (κ1) is 15.2. The predicted octanol–water partition coefficient (Wildman–Crippen LogP) is 4.34. The lowest BCUT2D eigenvalue weighted by Gasteiger charge is -2.18. The van der Waals surface area contributed by atoms with Crippen molar-refractivity contribution in [1.82, 2.24) is 0 Å². The fourth-order valence-corrected chi connectivity index (χ4v) is 2.02. The summed E-state index contributed by atoms with van der Waals surface area (Å²) in [5.41, 5.74) is 1.91. The second-order valence-corrected chi connectivity index (χ2v) is 5.07. The second-order valence-electron chi connectivity index (χ2n) is 5.07. The Morgan fingerprint density at radius 1 is 0.905 bits per heavy atom. The van der Waals surface area contributed by atoms with Gasteiger partial charge in [-0.3, -0.25) is 0 Å². The second kappa shape index (κ2) is 6.08. The molecule has 2 aromatic rings. The van der Waals surface area contributed by atoms with Gasteiger partial charge in [0.25, 0.3) is 0 Å². The van der Waals surface area contributed by atoms with Crippen LogP contribution in [0.4, 0.5) is 24.5 Å². The van der Waals surface area contributed by atoms with Crippen LogP contribution in [-0.4, -0.2) is 14.1 Å². The van der Waals surface area contributed by atoms with Crippen molar-refractivity contribution in [1.29, 1.82) is 0 Å². The van der Waals surface area contributed by atoms with Crippen LogP contribution in [0.5, 0.6) is 0 Å². The van der Waals surface area contributed by atoms with E-state index in [4.69, 9.17) is 0 Å². The number of nitrogens with zero attached hydrogens (tertiary/aromatic N) is 1. The van der Waals surface area contributed by atoms with Crippen LogP contribution < -0.4 is 10.2 Å². The summed E-state index contributed by atoms with van der Waals surface area (Å²) in [5, 5.41) is 2.85. The summed E-state index contributed by atoms with van der Waals surface area (Å²) in [6.45, 7) is 1.82. The number of nitrogens with one attached hydrogen (secondary N) is 1. The summed E-state index contributed by atoms with van der Waals surface area (Å²) >= 11 is 0. The smallest absolute Gasteiger partial charge is 0.196 e. The van der Waals surface area contributed by atoms with Crippen molar-refractivity contribution in [3.63, 3.8) is 0 Å². The van der Waals surface area contributed by atoms with Gasteiger partial charge in [-0.15, -0.1) is 0 Å². The SMILES string of the molecule is CC(Nc1ccc(F)c(F)c1F)c1ccc(N(C)C)cc1. The zero-order valence-electron chi connectivity index (χ0n) is 12.1. The average molecular weight is 294 g/mol. The van der Waals surface area contributed by atoms with E-state index in [-0.39, 0.29) is 11.7 Å². The number of halogens is 3. The summed E-state index contributed by atoms with van der Waals surface area (Å²) in [4.78, 5) is 1.97. The van der Waals surface area contributed by atoms with E-state index in [1.54, 1.807) is 0 Å². The molecule has 1 atom stereocenters. The first-order valence-electron chi connectivity index (χ1n) is 6.57. The quantitative estimate of drug-likeness (QED) is 0.844. The summed E-state index contributed by atoms with van der Waals surface area (Å²) in [6, 6.07) is 9.56. The zero-order chi connectivity index (χ0) is 15.6. The molecule has 0 amide bonds. The maximum Gasteiger partial charge on any atom is 0.196 e. The molecule has 0 aliphatic heterocycles. The fraction of sp³-hybridized carbons (Fsp3) is 0.250. The number of hydrogen-bond donors (Lipinski definition) is 1. The van der Waals surface area contributed by atoms with E-state index in [2.05, 4.69) is 5.32 Å². The molecule has 2 aromatic carbocycles. The lowest BCUT2D eigenvalue weighted by Crippen LogP contribution is -2.11. The van der Waals surface area contributed by atoms with Crippen molar-refractivity contribution in [3.05, 3.63) is 59.4 Å². The molecule has 0 saturated heterocycles. The minimum atomic E-state index is -1.46. The van der Waals surface area contributed by atoms with Gasteiger partial charge in [0.15, 0.2) is 17.5 Å². The van der Waals surface area contributed by atoms with Crippen molar-refractivity contribution in [3.8, 4) is 0 Å². The van der Waals surface area contributed by atoms with Crippen LogP contribution in [0.2, 0.25) is 0 Å². The molecule has 5 heteroatoms. The third-order valence-electron chi connectivity index (χ3n) is 3.32. The summed E-state index contributed by atoms with van der Waals surface area (Å²) < 4.78 is 39.7. The first-order valence-corrected chi connectivity index (χ1v) is 6.57. The Kier molecular flexibility index (Phi) is 4.40. The third kappa shape index (κ3) is 3.29. The number of benzene rings is 2. The molecule has 0 aromatic heterocycles. The maximum absolute atomic E-state index is 13.6. The largest absolute Gasteiger partial charge is 0.378 e. The Morgan fingerprint density at radius 2 is 1.52 bits per heavy atom. The van der Waals surface area contributed by atoms with Gasteiger partial charge in [-0.25, -0.2) is 13.2 Å². The highest BCUT2D eigenvalue weighted by molar-refractivity contribution is 5.50. The van der Waals surface area contributed by atoms with E-state index >= 15 is 0 Å². The molecular formula is C16H17F3N2. The Morgan fingerprint density at radius 3 is 2.10 bits per heavy atom. The Labute approximate surface area is 122 Å². The highest BCUT2D eigenvalue weighted by Gasteiger charge is 2.15. The normalized spacial score (nSPS) is 12.1. The van der Waals surface area contributed by atoms with Crippen LogP contribution in [0, 0.1) is 17.5 Å². The molecule has 0 bridgehead atoms. The molecule has 1 N–H and O–H groups in total. The molecule has 0 aliphatic rings. The standard InChI is InChI=1S/C16H17F3N2/c1-10(11-4-6-12(7-5-11)21(2)3)20-14-9-8-13(17)15(18)16(14)19/h4-10,20H,1-3H3. The molecule has 0 saturated carbocycles. The minimum absolute atomic E-state index is 0.0573. The minimum Gasteiger partial charge on any atom is -0.378 e. The van der Waals surface area contributed by atoms with Gasteiger partial charge in [0, 0.05) is 25.8 Å². The lowest BCUT2D eigenvalue weighted by molar-refractivity contribution is 0.448. The van der Waals surface area contributed by atoms with Crippen LogP contribution in [0.15, 0.2) is 36.4 Å². The monoisotopic (exact) mass is 294 g/mol. The van der Waals surface area contributed by atoms with Gasteiger partial charge in [-0.1, -0.05) is 12.1 Å². The van der Waals surface area contributed by atoms with Gasteiger partial charge in [0.2, 0.25) is 0 Å². The predicted molar refractivity (Wildman–Crippen MR) is 79.1 cm³/mol. The van der Waals surface area contributed by atoms with E-state index in [1.165, 1.54) is 6.07 Å². The number of rotatable bonds is 4. The fourth-order valence-electron chi connectivity index (χ4n) is 2.02. The van der Waals surface area contributed by atoms with Crippen LogP contribution in [0.1, 0.15) is 18.5 Å². The third-order valence-corrected chi connectivity index (χ3v) is 3.32. The van der Waals surface area contributed by atoms with Crippen LogP contribution >= 0.6 is 0 Å². The highest BCUT2D eigenvalue weighted by atomic mass is 19.2. The molecular weight excluding hydrogens is 277 g/mol. The average Bonchev–Trinajstić information content (AvgIpc) is 2.48. The first-order chi connectivity index (χ1) is 9.90. The van der Waals surface area contributed by atoms with E-state index in [1.807, 2.05) is 50.2 Å². The van der Waals surface area contributed by atoms with Crippen molar-refractivity contribution in [2.45, 2.75) is 13.0 Å².